The normalized spacial score (nSPS) is 12.0. The molecule has 0 saturated carbocycles. The Kier molecular flexibility index (Phi) is 3.40. The van der Waals surface area contributed by atoms with Crippen molar-refractivity contribution in [3.05, 3.63) is 0 Å². The summed E-state index contributed by atoms with van der Waals surface area (Å²) < 4.78 is 8.03. The number of hydrogen-bond acceptors (Lipinski definition) is 0. The monoisotopic (exact) mass is 178 g/mol. The molecular weight excluding hydrogens is 163 g/mol. The molecule has 0 aliphatic heterocycles. The quantitative estimate of drug-likeness (QED) is 0.611. The van der Waals surface area contributed by atoms with Crippen molar-refractivity contribution in [1.82, 2.24) is 0 Å². The van der Waals surface area contributed by atoms with Crippen LogP contribution in [0.25, 0.3) is 0 Å². The van der Waals surface area contributed by atoms with Crippen LogP contribution in [0.2, 0.25) is 17.5 Å². The molecule has 0 aliphatic carbocycles. The van der Waals surface area contributed by atoms with Crippen molar-refractivity contribution in [2.45, 2.75) is 31.4 Å². The van der Waals surface area contributed by atoms with Crippen LogP contribution in [0.15, 0.2) is 0 Å². The summed E-state index contributed by atoms with van der Waals surface area (Å²) in [6, 6.07) is 0. The van der Waals surface area contributed by atoms with Gasteiger partial charge in [-0.25, -0.2) is 0 Å². The van der Waals surface area contributed by atoms with E-state index in [4.69, 9.17) is 0 Å². The SMILES string of the molecule is C[CH2][Zr]([CH3])([CH3])[CH2]C. The van der Waals surface area contributed by atoms with Crippen molar-refractivity contribution < 1.29 is 20.3 Å². The zero-order valence-corrected chi connectivity index (χ0v) is 8.37. The third-order valence-electron chi connectivity index (χ3n) is 1.91. The van der Waals surface area contributed by atoms with Crippen LogP contribution < -0.4 is 0 Å². The summed E-state index contributed by atoms with van der Waals surface area (Å²) in [6.45, 7) is 4.67. The Hall–Kier alpha value is 0.883. The molecule has 0 heterocycles. The molecule has 0 fully saturated rings. The standard InChI is InChI=1S/2C2H5.2CH3.Zr/c2*1-2;;;/h2*1H2,2H3;2*1H3;. The van der Waals surface area contributed by atoms with Gasteiger partial charge in [-0.15, -0.1) is 0 Å². The van der Waals surface area contributed by atoms with E-state index in [1.807, 2.05) is 0 Å². The van der Waals surface area contributed by atoms with E-state index < -0.39 is 20.3 Å². The van der Waals surface area contributed by atoms with Gasteiger partial charge in [-0.3, -0.25) is 0 Å². The second-order valence-electron chi connectivity index (χ2n) is 2.87. The molecule has 0 rings (SSSR count). The average molecular weight is 179 g/mol. The van der Waals surface area contributed by atoms with Crippen molar-refractivity contribution in [3.8, 4) is 0 Å². The predicted octanol–water partition coefficient (Wildman–Crippen LogP) is 3.11. The summed E-state index contributed by atoms with van der Waals surface area (Å²) in [6.07, 6.45) is 0. The van der Waals surface area contributed by atoms with Crippen LogP contribution in [0.4, 0.5) is 0 Å². The van der Waals surface area contributed by atoms with Gasteiger partial charge in [0.25, 0.3) is 0 Å². The second-order valence-corrected chi connectivity index (χ2v) is 17.0. The van der Waals surface area contributed by atoms with Gasteiger partial charge >= 0.3 is 51.6 Å². The summed E-state index contributed by atoms with van der Waals surface area (Å²) >= 11 is -1.28. The van der Waals surface area contributed by atoms with Gasteiger partial charge in [0.1, 0.15) is 0 Å². The predicted molar refractivity (Wildman–Crippen MR) is 32.7 cm³/mol. The van der Waals surface area contributed by atoms with E-state index >= 15 is 0 Å². The van der Waals surface area contributed by atoms with Gasteiger partial charge in [-0.2, -0.15) is 0 Å². The van der Waals surface area contributed by atoms with E-state index in [2.05, 4.69) is 23.1 Å². The molecule has 44 valence electrons. The Labute approximate surface area is 51.7 Å². The molecule has 0 bridgehead atoms. The van der Waals surface area contributed by atoms with Crippen LogP contribution in [-0.4, -0.2) is 0 Å². The minimum atomic E-state index is -1.28. The summed E-state index contributed by atoms with van der Waals surface area (Å²) in [5.74, 6) is 0. The first-order valence-electron chi connectivity index (χ1n) is 3.12. The summed E-state index contributed by atoms with van der Waals surface area (Å²) in [4.78, 5) is 0. The maximum absolute atomic E-state index is 2.51. The molecule has 0 N–H and O–H groups in total. The molecule has 0 aromatic heterocycles. The van der Waals surface area contributed by atoms with Crippen LogP contribution in [0, 0.1) is 0 Å². The zero-order valence-electron chi connectivity index (χ0n) is 5.91. The van der Waals surface area contributed by atoms with Crippen molar-refractivity contribution in [2.75, 3.05) is 0 Å². The Balaban J connectivity index is 3.36. The first-order chi connectivity index (χ1) is 3.12. The van der Waals surface area contributed by atoms with E-state index in [0.717, 1.165) is 0 Å². The Morgan fingerprint density at radius 2 is 1.29 bits per heavy atom. The van der Waals surface area contributed by atoms with E-state index in [-0.39, 0.29) is 0 Å². The van der Waals surface area contributed by atoms with Crippen LogP contribution >= 0.6 is 0 Å². The average Bonchev–Trinajstić information content (AvgIpc) is 1.68. The molecule has 0 aromatic rings. The third kappa shape index (κ3) is 3.46. The van der Waals surface area contributed by atoms with E-state index in [1.165, 1.54) is 8.26 Å². The van der Waals surface area contributed by atoms with Gasteiger partial charge < -0.3 is 0 Å². The van der Waals surface area contributed by atoms with Crippen LogP contribution in [0.3, 0.4) is 0 Å². The van der Waals surface area contributed by atoms with Crippen LogP contribution in [0.5, 0.6) is 0 Å². The Morgan fingerprint density at radius 3 is 1.29 bits per heavy atom. The van der Waals surface area contributed by atoms with Crippen molar-refractivity contribution in [2.24, 2.45) is 0 Å². The molecule has 0 saturated heterocycles. The molecule has 0 spiro atoms. The molecule has 0 aromatic carbocycles. The third-order valence-corrected chi connectivity index (χ3v) is 11.3. The number of hydrogen-bond donors (Lipinski definition) is 0. The van der Waals surface area contributed by atoms with Gasteiger partial charge in [-0.05, 0) is 0 Å². The van der Waals surface area contributed by atoms with Crippen LogP contribution in [0.1, 0.15) is 13.8 Å². The van der Waals surface area contributed by atoms with Gasteiger partial charge in [0.05, 0.1) is 0 Å². The molecule has 0 unspecified atom stereocenters. The molecule has 7 heavy (non-hydrogen) atoms. The minimum absolute atomic E-state index is 1.28. The molecule has 0 nitrogen and oxygen atoms in total. The summed E-state index contributed by atoms with van der Waals surface area (Å²) in [7, 11) is 0. The Morgan fingerprint density at radius 1 is 1.00 bits per heavy atom. The summed E-state index contributed by atoms with van der Waals surface area (Å²) in [5.41, 5.74) is 0. The van der Waals surface area contributed by atoms with E-state index in [1.54, 1.807) is 0 Å². The molecule has 0 atom stereocenters. The van der Waals surface area contributed by atoms with E-state index in [9.17, 15) is 0 Å². The molecule has 0 amide bonds. The molecule has 1 heteroatoms. The molecule has 0 aliphatic rings. The first-order valence-corrected chi connectivity index (χ1v) is 11.5. The fraction of sp³-hybridized carbons (Fsp3) is 1.00. The van der Waals surface area contributed by atoms with Crippen molar-refractivity contribution in [1.29, 1.82) is 0 Å². The van der Waals surface area contributed by atoms with E-state index in [0.29, 0.717) is 0 Å². The number of rotatable bonds is 2. The van der Waals surface area contributed by atoms with Crippen molar-refractivity contribution >= 4 is 0 Å². The molecular formula is C6H16Zr. The van der Waals surface area contributed by atoms with Gasteiger partial charge in [0, 0.05) is 0 Å². The topological polar surface area (TPSA) is 0 Å². The van der Waals surface area contributed by atoms with Gasteiger partial charge in [-0.1, -0.05) is 0 Å². The van der Waals surface area contributed by atoms with Gasteiger partial charge in [0.15, 0.2) is 0 Å². The Bertz CT molecular complexity index is 42.1. The molecule has 0 radical (unpaired) electrons. The first kappa shape index (κ1) is 7.88. The zero-order chi connectivity index (χ0) is 5.91. The fourth-order valence-electron chi connectivity index (χ4n) is 0.250. The second kappa shape index (κ2) is 3.02. The van der Waals surface area contributed by atoms with Gasteiger partial charge in [0.2, 0.25) is 0 Å². The van der Waals surface area contributed by atoms with Crippen molar-refractivity contribution in [3.63, 3.8) is 0 Å². The summed E-state index contributed by atoms with van der Waals surface area (Å²) in [5, 5.41) is 0. The maximum atomic E-state index is 2.51. The van der Waals surface area contributed by atoms with Crippen LogP contribution in [-0.2, 0) is 20.3 Å². The fourth-order valence-corrected chi connectivity index (χ4v) is 1.48.